The predicted octanol–water partition coefficient (Wildman–Crippen LogP) is 2.83. The van der Waals surface area contributed by atoms with Gasteiger partial charge in [0, 0.05) is 22.5 Å². The van der Waals surface area contributed by atoms with Crippen LogP contribution in [0.15, 0.2) is 30.3 Å². The highest BCUT2D eigenvalue weighted by molar-refractivity contribution is 7.14. The summed E-state index contributed by atoms with van der Waals surface area (Å²) in [6.45, 7) is 2.87. The maximum atomic E-state index is 12.5. The van der Waals surface area contributed by atoms with Crippen molar-refractivity contribution in [3.63, 3.8) is 0 Å². The topological polar surface area (TPSA) is 66.8 Å². The number of thiophene rings is 1. The van der Waals surface area contributed by atoms with Gasteiger partial charge in [-0.2, -0.15) is 0 Å². The van der Waals surface area contributed by atoms with Crippen molar-refractivity contribution in [1.82, 2.24) is 4.90 Å². The minimum atomic E-state index is -0.509. The number of nitrogens with zero attached hydrogens (tertiary/aromatic N) is 1. The van der Waals surface area contributed by atoms with Gasteiger partial charge < -0.3 is 14.7 Å². The molecule has 0 bridgehead atoms. The van der Waals surface area contributed by atoms with Gasteiger partial charge in [0.25, 0.3) is 5.91 Å². The Kier molecular flexibility index (Phi) is 4.34. The Bertz CT molecular complexity index is 739. The second kappa shape index (κ2) is 6.42. The molecule has 1 aliphatic heterocycles. The molecule has 5 nitrogen and oxygen atoms in total. The van der Waals surface area contributed by atoms with Crippen molar-refractivity contribution in [2.24, 2.45) is 0 Å². The second-order valence-electron chi connectivity index (χ2n) is 5.24. The van der Waals surface area contributed by atoms with E-state index in [1.807, 2.05) is 18.2 Å². The molecule has 1 amide bonds. The van der Waals surface area contributed by atoms with E-state index in [0.29, 0.717) is 30.6 Å². The van der Waals surface area contributed by atoms with Crippen LogP contribution in [0.25, 0.3) is 0 Å². The van der Waals surface area contributed by atoms with E-state index in [1.165, 1.54) is 11.3 Å². The Hall–Kier alpha value is -2.34. The molecule has 0 aliphatic carbocycles. The van der Waals surface area contributed by atoms with E-state index in [2.05, 4.69) is 0 Å². The van der Waals surface area contributed by atoms with E-state index in [0.717, 1.165) is 4.88 Å². The quantitative estimate of drug-likeness (QED) is 0.878. The van der Waals surface area contributed by atoms with Gasteiger partial charge in [0.15, 0.2) is 4.88 Å². The van der Waals surface area contributed by atoms with Crippen molar-refractivity contribution in [3.05, 3.63) is 51.2 Å². The lowest BCUT2D eigenvalue weighted by Crippen LogP contribution is -2.35. The monoisotopic (exact) mass is 331 g/mol. The molecule has 0 spiro atoms. The zero-order valence-corrected chi connectivity index (χ0v) is 13.6. The number of hydrogen-bond donors (Lipinski definition) is 1. The SMILES string of the molecule is CCOC(=O)c1sc2c(c1O)CN(C(=O)c1ccccc1)CC2. The Morgan fingerprint density at radius 1 is 1.30 bits per heavy atom. The van der Waals surface area contributed by atoms with E-state index in [9.17, 15) is 14.7 Å². The maximum Gasteiger partial charge on any atom is 0.352 e. The number of hydrogen-bond acceptors (Lipinski definition) is 5. The van der Waals surface area contributed by atoms with Crippen LogP contribution in [0.3, 0.4) is 0 Å². The number of carbonyl (C=O) groups is 2. The van der Waals surface area contributed by atoms with Crippen LogP contribution in [0.4, 0.5) is 0 Å². The summed E-state index contributed by atoms with van der Waals surface area (Å²) in [4.78, 5) is 27.3. The summed E-state index contributed by atoms with van der Waals surface area (Å²) in [7, 11) is 0. The minimum Gasteiger partial charge on any atom is -0.506 e. The number of ether oxygens (including phenoxy) is 1. The lowest BCUT2D eigenvalue weighted by molar-refractivity contribution is 0.0529. The van der Waals surface area contributed by atoms with Gasteiger partial charge in [-0.3, -0.25) is 4.79 Å². The average Bonchev–Trinajstić information content (AvgIpc) is 2.92. The summed E-state index contributed by atoms with van der Waals surface area (Å²) in [6.07, 6.45) is 0.630. The first-order valence-corrected chi connectivity index (χ1v) is 8.28. The number of benzene rings is 1. The highest BCUT2D eigenvalue weighted by atomic mass is 32.1. The molecule has 6 heteroatoms. The molecule has 0 saturated heterocycles. The molecule has 0 radical (unpaired) electrons. The molecule has 2 aromatic rings. The van der Waals surface area contributed by atoms with Crippen molar-refractivity contribution in [3.8, 4) is 5.75 Å². The van der Waals surface area contributed by atoms with Crippen LogP contribution in [0.5, 0.6) is 5.75 Å². The number of rotatable bonds is 3. The zero-order chi connectivity index (χ0) is 16.4. The normalized spacial score (nSPS) is 13.5. The Labute approximate surface area is 138 Å². The van der Waals surface area contributed by atoms with Crippen LogP contribution < -0.4 is 0 Å². The molecule has 23 heavy (non-hydrogen) atoms. The molecule has 0 saturated carbocycles. The molecule has 2 heterocycles. The third kappa shape index (κ3) is 2.94. The largest absolute Gasteiger partial charge is 0.506 e. The van der Waals surface area contributed by atoms with Gasteiger partial charge in [-0.1, -0.05) is 18.2 Å². The van der Waals surface area contributed by atoms with Gasteiger partial charge in [0.05, 0.1) is 13.2 Å². The van der Waals surface area contributed by atoms with E-state index >= 15 is 0 Å². The molecule has 0 unspecified atom stereocenters. The summed E-state index contributed by atoms with van der Waals surface area (Å²) in [5.74, 6) is -0.626. The van der Waals surface area contributed by atoms with Crippen molar-refractivity contribution >= 4 is 23.2 Å². The van der Waals surface area contributed by atoms with E-state index < -0.39 is 5.97 Å². The van der Waals surface area contributed by atoms with Crippen molar-refractivity contribution < 1.29 is 19.4 Å². The van der Waals surface area contributed by atoms with Gasteiger partial charge in [0.1, 0.15) is 5.75 Å². The lowest BCUT2D eigenvalue weighted by Gasteiger charge is -2.27. The summed E-state index contributed by atoms with van der Waals surface area (Å²) in [6, 6.07) is 9.05. The van der Waals surface area contributed by atoms with Crippen LogP contribution in [0, 0.1) is 0 Å². The molecule has 1 aromatic carbocycles. The van der Waals surface area contributed by atoms with E-state index in [1.54, 1.807) is 24.0 Å². The van der Waals surface area contributed by atoms with Gasteiger partial charge in [-0.05, 0) is 25.5 Å². The average molecular weight is 331 g/mol. The fourth-order valence-corrected chi connectivity index (χ4v) is 3.73. The lowest BCUT2D eigenvalue weighted by atomic mass is 10.1. The maximum absolute atomic E-state index is 12.5. The Morgan fingerprint density at radius 3 is 2.74 bits per heavy atom. The molecule has 1 aliphatic rings. The van der Waals surface area contributed by atoms with Crippen molar-refractivity contribution in [1.29, 1.82) is 0 Å². The Balaban J connectivity index is 1.83. The highest BCUT2D eigenvalue weighted by Gasteiger charge is 2.29. The molecule has 0 atom stereocenters. The molecule has 1 N–H and O–H groups in total. The number of fused-ring (bicyclic) bond motifs is 1. The van der Waals surface area contributed by atoms with Crippen LogP contribution in [0.1, 0.15) is 37.4 Å². The number of carbonyl (C=O) groups excluding carboxylic acids is 2. The molecule has 120 valence electrons. The second-order valence-corrected chi connectivity index (χ2v) is 6.35. The van der Waals surface area contributed by atoms with Crippen molar-refractivity contribution in [2.45, 2.75) is 19.9 Å². The molecule has 3 rings (SSSR count). The summed E-state index contributed by atoms with van der Waals surface area (Å²) in [5, 5.41) is 10.3. The first-order chi connectivity index (χ1) is 11.1. The first-order valence-electron chi connectivity index (χ1n) is 7.46. The summed E-state index contributed by atoms with van der Waals surface area (Å²) < 4.78 is 4.96. The van der Waals surface area contributed by atoms with Gasteiger partial charge >= 0.3 is 5.97 Å². The number of esters is 1. The first kappa shape index (κ1) is 15.6. The highest BCUT2D eigenvalue weighted by Crippen LogP contribution is 2.38. The Morgan fingerprint density at radius 2 is 2.04 bits per heavy atom. The third-order valence-corrected chi connectivity index (χ3v) is 5.05. The van der Waals surface area contributed by atoms with Crippen molar-refractivity contribution in [2.75, 3.05) is 13.2 Å². The van der Waals surface area contributed by atoms with Crippen LogP contribution in [0.2, 0.25) is 0 Å². The molecule has 0 fully saturated rings. The molecule has 1 aromatic heterocycles. The summed E-state index contributed by atoms with van der Waals surface area (Å²) >= 11 is 1.26. The molecular weight excluding hydrogens is 314 g/mol. The van der Waals surface area contributed by atoms with Gasteiger partial charge in [-0.25, -0.2) is 4.79 Å². The smallest absolute Gasteiger partial charge is 0.352 e. The minimum absolute atomic E-state index is 0.0472. The molecular formula is C17H17NO4S. The van der Waals surface area contributed by atoms with E-state index in [4.69, 9.17) is 4.74 Å². The summed E-state index contributed by atoms with van der Waals surface area (Å²) in [5.41, 5.74) is 1.28. The number of aromatic hydroxyl groups is 1. The fourth-order valence-electron chi connectivity index (χ4n) is 2.65. The number of amides is 1. The van der Waals surface area contributed by atoms with E-state index in [-0.39, 0.29) is 23.1 Å². The standard InChI is InChI=1S/C17H17NO4S/c1-2-22-17(21)15-14(19)12-10-18(9-8-13(12)23-15)16(20)11-6-4-3-5-7-11/h3-7,19H,2,8-10H2,1H3. The van der Waals surface area contributed by atoms with Crippen LogP contribution in [-0.4, -0.2) is 35.0 Å². The van der Waals surface area contributed by atoms with Gasteiger partial charge in [0.2, 0.25) is 0 Å². The van der Waals surface area contributed by atoms with Gasteiger partial charge in [-0.15, -0.1) is 11.3 Å². The van der Waals surface area contributed by atoms with Crippen LogP contribution >= 0.6 is 11.3 Å². The van der Waals surface area contributed by atoms with Crippen LogP contribution in [-0.2, 0) is 17.7 Å². The fraction of sp³-hybridized carbons (Fsp3) is 0.294. The third-order valence-electron chi connectivity index (χ3n) is 3.79. The zero-order valence-electron chi connectivity index (χ0n) is 12.7. The predicted molar refractivity (Wildman–Crippen MR) is 86.8 cm³/mol.